The zero-order chi connectivity index (χ0) is 12.0. The van der Waals surface area contributed by atoms with Crippen molar-refractivity contribution in [3.8, 4) is 0 Å². The van der Waals surface area contributed by atoms with Crippen molar-refractivity contribution >= 4 is 28.4 Å². The van der Waals surface area contributed by atoms with Crippen LogP contribution in [0.4, 0.5) is 5.82 Å². The number of nitrogens with one attached hydrogen (secondary N) is 1. The number of hydrogen-bond donors (Lipinski definition) is 2. The summed E-state index contributed by atoms with van der Waals surface area (Å²) in [7, 11) is 1.95. The van der Waals surface area contributed by atoms with Gasteiger partial charge in [-0.1, -0.05) is 6.42 Å². The molecule has 0 saturated carbocycles. The van der Waals surface area contributed by atoms with Crippen LogP contribution in [0.15, 0.2) is 11.1 Å². The minimum atomic E-state index is -0.0839. The molecule has 0 radical (unpaired) electrons. The Bertz CT molecular complexity index is 379. The van der Waals surface area contributed by atoms with E-state index in [0.29, 0.717) is 3.57 Å². The number of hydrogen-bond acceptors (Lipinski definition) is 4. The van der Waals surface area contributed by atoms with Crippen molar-refractivity contribution < 1.29 is 0 Å². The molecular weight excluding hydrogens is 319 g/mol. The molecular formula is C10H17IN4O. The molecule has 3 N–H and O–H groups in total. The molecule has 0 fully saturated rings. The largest absolute Gasteiger partial charge is 0.359 e. The molecule has 0 aliphatic heterocycles. The molecule has 0 aliphatic carbocycles. The molecule has 90 valence electrons. The van der Waals surface area contributed by atoms with Crippen LogP contribution >= 0.6 is 22.6 Å². The highest BCUT2D eigenvalue weighted by atomic mass is 127. The Balaban J connectivity index is 2.56. The van der Waals surface area contributed by atoms with Gasteiger partial charge in [-0.15, -0.1) is 0 Å². The molecule has 1 heterocycles. The third kappa shape index (κ3) is 3.75. The van der Waals surface area contributed by atoms with E-state index in [2.05, 4.69) is 9.97 Å². The topological polar surface area (TPSA) is 75.0 Å². The second-order valence-corrected chi connectivity index (χ2v) is 4.72. The van der Waals surface area contributed by atoms with Gasteiger partial charge in [0.05, 0.1) is 6.33 Å². The van der Waals surface area contributed by atoms with Crippen molar-refractivity contribution in [3.05, 3.63) is 20.3 Å². The van der Waals surface area contributed by atoms with E-state index in [1.54, 1.807) is 0 Å². The SMILES string of the molecule is CN(CCCCCN)c1nc[nH]c(=O)c1I. The predicted molar refractivity (Wildman–Crippen MR) is 73.8 cm³/mol. The van der Waals surface area contributed by atoms with Crippen molar-refractivity contribution in [2.45, 2.75) is 19.3 Å². The van der Waals surface area contributed by atoms with E-state index in [1.165, 1.54) is 6.33 Å². The number of rotatable bonds is 6. The average Bonchev–Trinajstić information content (AvgIpc) is 2.28. The molecule has 0 atom stereocenters. The van der Waals surface area contributed by atoms with Crippen LogP contribution in [-0.4, -0.2) is 30.1 Å². The lowest BCUT2D eigenvalue weighted by Gasteiger charge is -2.18. The summed E-state index contributed by atoms with van der Waals surface area (Å²) in [6.07, 6.45) is 4.67. The fourth-order valence-electron chi connectivity index (χ4n) is 1.42. The van der Waals surface area contributed by atoms with E-state index in [0.717, 1.165) is 38.2 Å². The summed E-state index contributed by atoms with van der Waals surface area (Å²) in [6.45, 7) is 1.64. The molecule has 0 amide bonds. The van der Waals surface area contributed by atoms with Crippen molar-refractivity contribution in [1.29, 1.82) is 0 Å². The fraction of sp³-hybridized carbons (Fsp3) is 0.600. The number of nitrogens with zero attached hydrogens (tertiary/aromatic N) is 2. The maximum atomic E-state index is 11.4. The van der Waals surface area contributed by atoms with Crippen molar-refractivity contribution in [1.82, 2.24) is 9.97 Å². The molecule has 1 aromatic heterocycles. The van der Waals surface area contributed by atoms with E-state index in [-0.39, 0.29) is 5.56 Å². The molecule has 0 bridgehead atoms. The number of nitrogens with two attached hydrogens (primary N) is 1. The maximum absolute atomic E-state index is 11.4. The standard InChI is InChI=1S/C10H17IN4O/c1-15(6-4-2-3-5-12)9-8(11)10(16)14-7-13-9/h7H,2-6,12H2,1H3,(H,13,14,16). The third-order valence-corrected chi connectivity index (χ3v) is 3.31. The summed E-state index contributed by atoms with van der Waals surface area (Å²) in [4.78, 5) is 20.1. The van der Waals surface area contributed by atoms with Gasteiger partial charge in [0.1, 0.15) is 9.39 Å². The summed E-state index contributed by atoms with van der Waals surface area (Å²) in [6, 6.07) is 0. The Morgan fingerprint density at radius 1 is 1.50 bits per heavy atom. The Kier molecular flexibility index (Phi) is 5.75. The van der Waals surface area contributed by atoms with E-state index in [1.807, 2.05) is 34.5 Å². The highest BCUT2D eigenvalue weighted by Gasteiger charge is 2.09. The van der Waals surface area contributed by atoms with Crippen LogP contribution in [0, 0.1) is 3.57 Å². The van der Waals surface area contributed by atoms with Gasteiger partial charge < -0.3 is 15.6 Å². The van der Waals surface area contributed by atoms with Gasteiger partial charge in [0, 0.05) is 13.6 Å². The summed E-state index contributed by atoms with van der Waals surface area (Å²) in [5, 5.41) is 0. The van der Waals surface area contributed by atoms with Gasteiger partial charge >= 0.3 is 0 Å². The molecule has 0 aromatic carbocycles. The number of unbranched alkanes of at least 4 members (excludes halogenated alkanes) is 2. The first kappa shape index (κ1) is 13.4. The predicted octanol–water partition coefficient (Wildman–Crippen LogP) is 0.940. The molecule has 0 unspecified atom stereocenters. The van der Waals surface area contributed by atoms with Gasteiger partial charge in [0.2, 0.25) is 0 Å². The molecule has 16 heavy (non-hydrogen) atoms. The highest BCUT2D eigenvalue weighted by molar-refractivity contribution is 14.1. The van der Waals surface area contributed by atoms with Crippen LogP contribution in [0.1, 0.15) is 19.3 Å². The number of H-pyrrole nitrogens is 1. The molecule has 1 rings (SSSR count). The zero-order valence-corrected chi connectivity index (χ0v) is 11.5. The first-order valence-corrected chi connectivity index (χ1v) is 6.39. The van der Waals surface area contributed by atoms with Crippen LogP contribution in [0.2, 0.25) is 0 Å². The lowest BCUT2D eigenvalue weighted by atomic mass is 10.2. The van der Waals surface area contributed by atoms with Gasteiger partial charge in [0.15, 0.2) is 0 Å². The molecule has 1 aromatic rings. The van der Waals surface area contributed by atoms with Crippen LogP contribution in [0.3, 0.4) is 0 Å². The summed E-state index contributed by atoms with van der Waals surface area (Å²) in [5.74, 6) is 0.747. The summed E-state index contributed by atoms with van der Waals surface area (Å²) in [5.41, 5.74) is 5.34. The minimum absolute atomic E-state index is 0.0839. The van der Waals surface area contributed by atoms with E-state index >= 15 is 0 Å². The highest BCUT2D eigenvalue weighted by Crippen LogP contribution is 2.14. The second-order valence-electron chi connectivity index (χ2n) is 3.64. The summed E-state index contributed by atoms with van der Waals surface area (Å²) >= 11 is 2.02. The maximum Gasteiger partial charge on any atom is 0.266 e. The van der Waals surface area contributed by atoms with E-state index < -0.39 is 0 Å². The molecule has 0 aliphatic rings. The fourth-order valence-corrected chi connectivity index (χ4v) is 2.12. The van der Waals surface area contributed by atoms with Crippen LogP contribution < -0.4 is 16.2 Å². The number of aromatic amines is 1. The number of anilines is 1. The first-order valence-electron chi connectivity index (χ1n) is 5.31. The average molecular weight is 336 g/mol. The first-order chi connectivity index (χ1) is 7.66. The molecule has 5 nitrogen and oxygen atoms in total. The third-order valence-electron chi connectivity index (χ3n) is 2.34. The van der Waals surface area contributed by atoms with Crippen molar-refractivity contribution in [2.24, 2.45) is 5.73 Å². The van der Waals surface area contributed by atoms with Gasteiger partial charge in [0.25, 0.3) is 5.56 Å². The van der Waals surface area contributed by atoms with Crippen molar-refractivity contribution in [3.63, 3.8) is 0 Å². The quantitative estimate of drug-likeness (QED) is 0.599. The van der Waals surface area contributed by atoms with Gasteiger partial charge in [-0.25, -0.2) is 4.98 Å². The molecule has 6 heteroatoms. The van der Waals surface area contributed by atoms with Gasteiger partial charge in [-0.2, -0.15) is 0 Å². The molecule has 0 saturated heterocycles. The Labute approximate surface area is 109 Å². The van der Waals surface area contributed by atoms with Crippen molar-refractivity contribution in [2.75, 3.05) is 25.0 Å². The smallest absolute Gasteiger partial charge is 0.266 e. The minimum Gasteiger partial charge on any atom is -0.359 e. The van der Waals surface area contributed by atoms with Crippen LogP contribution in [0.5, 0.6) is 0 Å². The molecule has 0 spiro atoms. The number of aromatic nitrogens is 2. The number of halogens is 1. The summed E-state index contributed by atoms with van der Waals surface area (Å²) < 4.78 is 0.640. The van der Waals surface area contributed by atoms with E-state index in [9.17, 15) is 4.79 Å². The monoisotopic (exact) mass is 336 g/mol. The Morgan fingerprint density at radius 2 is 2.25 bits per heavy atom. The van der Waals surface area contributed by atoms with Crippen LogP contribution in [0.25, 0.3) is 0 Å². The van der Waals surface area contributed by atoms with E-state index in [4.69, 9.17) is 5.73 Å². The lowest BCUT2D eigenvalue weighted by molar-refractivity contribution is 0.675. The lowest BCUT2D eigenvalue weighted by Crippen LogP contribution is -2.24. The zero-order valence-electron chi connectivity index (χ0n) is 9.37. The van der Waals surface area contributed by atoms with Gasteiger partial charge in [-0.05, 0) is 42.0 Å². The second kappa shape index (κ2) is 6.85. The van der Waals surface area contributed by atoms with Gasteiger partial charge in [-0.3, -0.25) is 4.79 Å². The Morgan fingerprint density at radius 3 is 2.94 bits per heavy atom. The van der Waals surface area contributed by atoms with Crippen LogP contribution in [-0.2, 0) is 0 Å². The normalized spacial score (nSPS) is 10.4. The Hall–Kier alpha value is -0.630.